The van der Waals surface area contributed by atoms with E-state index in [9.17, 15) is 14.4 Å². The van der Waals surface area contributed by atoms with Gasteiger partial charge in [-0.15, -0.1) is 0 Å². The van der Waals surface area contributed by atoms with Crippen molar-refractivity contribution in [2.45, 2.75) is 32.4 Å². The molecule has 166 valence electrons. The molecule has 0 radical (unpaired) electrons. The van der Waals surface area contributed by atoms with Crippen LogP contribution in [0.4, 0.5) is 0 Å². The number of hydrogen-bond acceptors (Lipinski definition) is 5. The normalized spacial score (nSPS) is 17.1. The molecule has 3 rings (SSSR count). The maximum absolute atomic E-state index is 12.9. The summed E-state index contributed by atoms with van der Waals surface area (Å²) >= 11 is 0. The molecule has 1 aromatic heterocycles. The molecule has 2 heterocycles. The Kier molecular flexibility index (Phi) is 7.41. The number of morpholine rings is 1. The molecule has 0 aliphatic carbocycles. The second kappa shape index (κ2) is 10.2. The van der Waals surface area contributed by atoms with Crippen LogP contribution in [-0.4, -0.2) is 71.8 Å². The molecular formula is C22H29N5O4. The summed E-state index contributed by atoms with van der Waals surface area (Å²) in [5.41, 5.74) is 1.47. The largest absolute Gasteiger partial charge is 0.374 e. The highest BCUT2D eigenvalue weighted by molar-refractivity contribution is 5.97. The first-order valence-corrected chi connectivity index (χ1v) is 10.4. The quantitative estimate of drug-likeness (QED) is 0.691. The highest BCUT2D eigenvalue weighted by Gasteiger charge is 2.24. The van der Waals surface area contributed by atoms with Gasteiger partial charge in [0, 0.05) is 39.7 Å². The zero-order chi connectivity index (χ0) is 22.4. The SMILES string of the molecule is CNC(=O)c1cc(C(=O)NCCC2CN(C(C)=O)CCO2)n([C@@H](C)c2ccccc2)n1. The van der Waals surface area contributed by atoms with Crippen molar-refractivity contribution in [3.8, 4) is 0 Å². The maximum Gasteiger partial charge on any atom is 0.271 e. The standard InChI is InChI=1S/C22H29N5O4/c1-15(17-7-5-4-6-8-17)27-20(13-19(25-27)21(29)23-3)22(30)24-10-9-18-14-26(16(2)28)11-12-31-18/h4-8,13,15,18H,9-12,14H2,1-3H3,(H,23,29)(H,24,30)/t15-,18?/m0/s1. The Morgan fingerprint density at radius 3 is 2.65 bits per heavy atom. The van der Waals surface area contributed by atoms with Gasteiger partial charge in [0.15, 0.2) is 5.69 Å². The van der Waals surface area contributed by atoms with Crippen molar-refractivity contribution in [3.63, 3.8) is 0 Å². The van der Waals surface area contributed by atoms with Crippen LogP contribution < -0.4 is 10.6 Å². The van der Waals surface area contributed by atoms with Crippen LogP contribution in [-0.2, 0) is 9.53 Å². The second-order valence-corrected chi connectivity index (χ2v) is 7.53. The Bertz CT molecular complexity index is 927. The van der Waals surface area contributed by atoms with Gasteiger partial charge < -0.3 is 20.3 Å². The minimum atomic E-state index is -0.354. The first-order chi connectivity index (χ1) is 14.9. The molecule has 3 amide bonds. The van der Waals surface area contributed by atoms with E-state index >= 15 is 0 Å². The smallest absolute Gasteiger partial charge is 0.271 e. The molecule has 9 nitrogen and oxygen atoms in total. The van der Waals surface area contributed by atoms with Crippen molar-refractivity contribution in [2.75, 3.05) is 33.3 Å². The zero-order valence-corrected chi connectivity index (χ0v) is 18.1. The molecular weight excluding hydrogens is 398 g/mol. The van der Waals surface area contributed by atoms with E-state index in [2.05, 4.69) is 15.7 Å². The number of nitrogens with zero attached hydrogens (tertiary/aromatic N) is 3. The summed E-state index contributed by atoms with van der Waals surface area (Å²) in [6.45, 7) is 5.47. The van der Waals surface area contributed by atoms with E-state index in [1.807, 2.05) is 37.3 Å². The third-order valence-electron chi connectivity index (χ3n) is 5.41. The Balaban J connectivity index is 1.70. The highest BCUT2D eigenvalue weighted by Crippen LogP contribution is 2.20. The van der Waals surface area contributed by atoms with E-state index < -0.39 is 0 Å². The number of hydrogen-bond donors (Lipinski definition) is 2. The Morgan fingerprint density at radius 1 is 1.23 bits per heavy atom. The summed E-state index contributed by atoms with van der Waals surface area (Å²) in [6, 6.07) is 10.9. The molecule has 1 aliphatic rings. The van der Waals surface area contributed by atoms with Crippen molar-refractivity contribution < 1.29 is 19.1 Å². The fourth-order valence-corrected chi connectivity index (χ4v) is 3.59. The minimum absolute atomic E-state index is 0.0258. The fraction of sp³-hybridized carbons (Fsp3) is 0.455. The van der Waals surface area contributed by atoms with Gasteiger partial charge in [0.1, 0.15) is 5.69 Å². The number of nitrogens with one attached hydrogen (secondary N) is 2. The van der Waals surface area contributed by atoms with Crippen LogP contribution in [0.5, 0.6) is 0 Å². The van der Waals surface area contributed by atoms with E-state index in [4.69, 9.17) is 4.74 Å². The summed E-state index contributed by atoms with van der Waals surface area (Å²) in [7, 11) is 1.52. The molecule has 1 unspecified atom stereocenters. The predicted molar refractivity (Wildman–Crippen MR) is 115 cm³/mol. The number of carbonyl (C=O) groups is 3. The van der Waals surface area contributed by atoms with Gasteiger partial charge in [0.2, 0.25) is 5.91 Å². The highest BCUT2D eigenvalue weighted by atomic mass is 16.5. The number of rotatable bonds is 7. The fourth-order valence-electron chi connectivity index (χ4n) is 3.59. The van der Waals surface area contributed by atoms with Crippen LogP contribution >= 0.6 is 0 Å². The molecule has 1 aromatic carbocycles. The molecule has 2 N–H and O–H groups in total. The number of carbonyl (C=O) groups excluding carboxylic acids is 3. The lowest BCUT2D eigenvalue weighted by Gasteiger charge is -2.32. The lowest BCUT2D eigenvalue weighted by atomic mass is 10.1. The molecule has 1 aliphatic heterocycles. The molecule has 1 fully saturated rings. The molecule has 0 bridgehead atoms. The molecule has 0 saturated carbocycles. The third kappa shape index (κ3) is 5.49. The number of aromatic nitrogens is 2. The van der Waals surface area contributed by atoms with E-state index in [0.29, 0.717) is 38.4 Å². The van der Waals surface area contributed by atoms with Crippen LogP contribution in [0.15, 0.2) is 36.4 Å². The molecule has 2 atom stereocenters. The van der Waals surface area contributed by atoms with Gasteiger partial charge in [-0.2, -0.15) is 5.10 Å². The van der Waals surface area contributed by atoms with Crippen molar-refractivity contribution in [3.05, 3.63) is 53.3 Å². The average Bonchev–Trinajstić information content (AvgIpc) is 3.24. The van der Waals surface area contributed by atoms with Crippen LogP contribution in [0.3, 0.4) is 0 Å². The van der Waals surface area contributed by atoms with Gasteiger partial charge in [-0.25, -0.2) is 0 Å². The van der Waals surface area contributed by atoms with Gasteiger partial charge in [-0.3, -0.25) is 19.1 Å². The number of benzene rings is 1. The van der Waals surface area contributed by atoms with Crippen molar-refractivity contribution >= 4 is 17.7 Å². The van der Waals surface area contributed by atoms with E-state index in [-0.39, 0.29) is 35.6 Å². The summed E-state index contributed by atoms with van der Waals surface area (Å²) in [5.74, 6) is -0.643. The second-order valence-electron chi connectivity index (χ2n) is 7.53. The summed E-state index contributed by atoms with van der Waals surface area (Å²) in [5, 5.41) is 9.82. The van der Waals surface area contributed by atoms with E-state index in [1.165, 1.54) is 13.1 Å². The maximum atomic E-state index is 12.9. The van der Waals surface area contributed by atoms with E-state index in [0.717, 1.165) is 5.56 Å². The molecule has 0 spiro atoms. The van der Waals surface area contributed by atoms with Crippen LogP contribution in [0.1, 0.15) is 52.9 Å². The lowest BCUT2D eigenvalue weighted by Crippen LogP contribution is -2.45. The first kappa shape index (κ1) is 22.5. The first-order valence-electron chi connectivity index (χ1n) is 10.4. The van der Waals surface area contributed by atoms with Gasteiger partial charge >= 0.3 is 0 Å². The molecule has 31 heavy (non-hydrogen) atoms. The Labute approximate surface area is 181 Å². The van der Waals surface area contributed by atoms with Gasteiger partial charge in [0.25, 0.3) is 11.8 Å². The molecule has 9 heteroatoms. The van der Waals surface area contributed by atoms with Crippen LogP contribution in [0.25, 0.3) is 0 Å². The molecule has 2 aromatic rings. The average molecular weight is 428 g/mol. The number of amides is 3. The van der Waals surface area contributed by atoms with E-state index in [1.54, 1.807) is 16.5 Å². The lowest BCUT2D eigenvalue weighted by molar-refractivity contribution is -0.136. The van der Waals surface area contributed by atoms with Crippen molar-refractivity contribution in [1.29, 1.82) is 0 Å². The summed E-state index contributed by atoms with van der Waals surface area (Å²) < 4.78 is 7.27. The van der Waals surface area contributed by atoms with Gasteiger partial charge in [-0.1, -0.05) is 30.3 Å². The molecule has 1 saturated heterocycles. The topological polar surface area (TPSA) is 106 Å². The summed E-state index contributed by atoms with van der Waals surface area (Å²) in [6.07, 6.45) is 0.466. The predicted octanol–water partition coefficient (Wildman–Crippen LogP) is 1.22. The van der Waals surface area contributed by atoms with Crippen LogP contribution in [0, 0.1) is 0 Å². The Hall–Kier alpha value is -3.20. The van der Waals surface area contributed by atoms with Crippen molar-refractivity contribution in [2.24, 2.45) is 0 Å². The minimum Gasteiger partial charge on any atom is -0.374 e. The summed E-state index contributed by atoms with van der Waals surface area (Å²) in [4.78, 5) is 38.4. The number of ether oxygens (including phenoxy) is 1. The van der Waals surface area contributed by atoms with Crippen molar-refractivity contribution in [1.82, 2.24) is 25.3 Å². The Morgan fingerprint density at radius 2 is 1.97 bits per heavy atom. The monoisotopic (exact) mass is 427 g/mol. The third-order valence-corrected chi connectivity index (χ3v) is 5.41. The van der Waals surface area contributed by atoms with Crippen LogP contribution in [0.2, 0.25) is 0 Å². The zero-order valence-electron chi connectivity index (χ0n) is 18.1. The van der Waals surface area contributed by atoms with Gasteiger partial charge in [0.05, 0.1) is 18.8 Å². The van der Waals surface area contributed by atoms with Gasteiger partial charge in [-0.05, 0) is 18.9 Å².